The molecule has 0 amide bonds. The molecule has 0 radical (unpaired) electrons. The van der Waals surface area contributed by atoms with E-state index in [2.05, 4.69) is 4.74 Å². The first-order valence-corrected chi connectivity index (χ1v) is 5.25. The number of nitrogens with zero attached hydrogens (tertiary/aromatic N) is 1. The molecule has 4 heteroatoms. The van der Waals surface area contributed by atoms with Gasteiger partial charge in [-0.25, -0.2) is 4.79 Å². The Morgan fingerprint density at radius 1 is 1.41 bits per heavy atom. The number of benzene rings is 1. The molecule has 0 N–H and O–H groups in total. The lowest BCUT2D eigenvalue weighted by atomic mass is 10.2. The van der Waals surface area contributed by atoms with Crippen molar-refractivity contribution in [3.8, 4) is 5.75 Å². The molecule has 0 heterocycles. The van der Waals surface area contributed by atoms with Crippen molar-refractivity contribution >= 4 is 5.97 Å². The molecule has 0 aliphatic heterocycles. The van der Waals surface area contributed by atoms with Gasteiger partial charge >= 0.3 is 5.97 Å². The van der Waals surface area contributed by atoms with E-state index in [-0.39, 0.29) is 5.97 Å². The van der Waals surface area contributed by atoms with Crippen LogP contribution in [0, 0.1) is 0 Å². The fourth-order valence-electron chi connectivity index (χ4n) is 1.37. The molecule has 17 heavy (non-hydrogen) atoms. The quantitative estimate of drug-likeness (QED) is 0.576. The van der Waals surface area contributed by atoms with Crippen LogP contribution in [0.15, 0.2) is 36.5 Å². The maximum Gasteiger partial charge on any atom is 0.331 e. The average Bonchev–Trinajstić information content (AvgIpc) is 2.36. The van der Waals surface area contributed by atoms with Crippen molar-refractivity contribution in [3.05, 3.63) is 42.1 Å². The van der Waals surface area contributed by atoms with Gasteiger partial charge in [0.15, 0.2) is 0 Å². The van der Waals surface area contributed by atoms with Gasteiger partial charge in [-0.05, 0) is 17.7 Å². The Hall–Kier alpha value is -1.97. The first kappa shape index (κ1) is 13.1. The molecule has 0 saturated carbocycles. The van der Waals surface area contributed by atoms with E-state index >= 15 is 0 Å². The molecule has 0 aromatic heterocycles. The fourth-order valence-corrected chi connectivity index (χ4v) is 1.37. The second-order valence-electron chi connectivity index (χ2n) is 3.61. The van der Waals surface area contributed by atoms with Gasteiger partial charge in [0.05, 0.1) is 14.2 Å². The SMILES string of the molecule is COC(=O)C=CN(C)Cc1cccc(OC)c1. The third-order valence-corrected chi connectivity index (χ3v) is 2.23. The molecular formula is C13H17NO3. The van der Waals surface area contributed by atoms with Gasteiger partial charge in [0.25, 0.3) is 0 Å². The largest absolute Gasteiger partial charge is 0.497 e. The molecule has 0 saturated heterocycles. The van der Waals surface area contributed by atoms with Crippen molar-refractivity contribution in [2.45, 2.75) is 6.54 Å². The Labute approximate surface area is 101 Å². The lowest BCUT2D eigenvalue weighted by Gasteiger charge is -2.14. The maximum absolute atomic E-state index is 10.9. The predicted octanol–water partition coefficient (Wildman–Crippen LogP) is 1.81. The Balaban J connectivity index is 2.58. The second kappa shape index (κ2) is 6.58. The Bertz CT molecular complexity index is 401. The number of esters is 1. The molecule has 0 aliphatic rings. The molecule has 0 unspecified atom stereocenters. The Morgan fingerprint density at radius 2 is 2.18 bits per heavy atom. The van der Waals surface area contributed by atoms with Gasteiger partial charge in [0.1, 0.15) is 5.75 Å². The molecule has 0 atom stereocenters. The molecule has 1 aromatic rings. The van der Waals surface area contributed by atoms with Crippen LogP contribution in [0.4, 0.5) is 0 Å². The summed E-state index contributed by atoms with van der Waals surface area (Å²) in [4.78, 5) is 12.8. The Kier molecular flexibility index (Phi) is 5.07. The minimum absolute atomic E-state index is 0.359. The molecular weight excluding hydrogens is 218 g/mol. The zero-order chi connectivity index (χ0) is 12.7. The van der Waals surface area contributed by atoms with Gasteiger partial charge in [-0.2, -0.15) is 0 Å². The van der Waals surface area contributed by atoms with E-state index in [4.69, 9.17) is 4.74 Å². The van der Waals surface area contributed by atoms with Gasteiger partial charge in [-0.1, -0.05) is 12.1 Å². The van der Waals surface area contributed by atoms with Gasteiger partial charge in [-0.15, -0.1) is 0 Å². The molecule has 0 aliphatic carbocycles. The normalized spacial score (nSPS) is 10.3. The van der Waals surface area contributed by atoms with Gasteiger partial charge in [0, 0.05) is 25.9 Å². The van der Waals surface area contributed by atoms with Crippen molar-refractivity contribution < 1.29 is 14.3 Å². The van der Waals surface area contributed by atoms with Crippen molar-refractivity contribution in [1.82, 2.24) is 4.90 Å². The van der Waals surface area contributed by atoms with Crippen LogP contribution in [0.3, 0.4) is 0 Å². The van der Waals surface area contributed by atoms with Crippen molar-refractivity contribution in [1.29, 1.82) is 0 Å². The highest BCUT2D eigenvalue weighted by atomic mass is 16.5. The van der Waals surface area contributed by atoms with Crippen LogP contribution in [0.1, 0.15) is 5.56 Å². The van der Waals surface area contributed by atoms with Gasteiger partial charge in [-0.3, -0.25) is 0 Å². The number of carbonyl (C=O) groups is 1. The van der Waals surface area contributed by atoms with Crippen LogP contribution in [0.25, 0.3) is 0 Å². The van der Waals surface area contributed by atoms with E-state index in [1.807, 2.05) is 36.2 Å². The zero-order valence-corrected chi connectivity index (χ0v) is 10.3. The van der Waals surface area contributed by atoms with E-state index in [0.717, 1.165) is 11.3 Å². The summed E-state index contributed by atoms with van der Waals surface area (Å²) in [6.45, 7) is 0.699. The number of rotatable bonds is 5. The summed E-state index contributed by atoms with van der Waals surface area (Å²) in [5.74, 6) is 0.468. The first-order chi connectivity index (χ1) is 8.15. The number of ether oxygens (including phenoxy) is 2. The van der Waals surface area contributed by atoms with E-state index in [9.17, 15) is 4.79 Å². The topological polar surface area (TPSA) is 38.8 Å². The minimum Gasteiger partial charge on any atom is -0.497 e. The van der Waals surface area contributed by atoms with Gasteiger partial charge in [0.2, 0.25) is 0 Å². The van der Waals surface area contributed by atoms with Crippen molar-refractivity contribution in [2.24, 2.45) is 0 Å². The molecule has 0 fully saturated rings. The highest BCUT2D eigenvalue weighted by molar-refractivity contribution is 5.81. The smallest absolute Gasteiger partial charge is 0.331 e. The maximum atomic E-state index is 10.9. The van der Waals surface area contributed by atoms with E-state index in [1.54, 1.807) is 13.3 Å². The van der Waals surface area contributed by atoms with Gasteiger partial charge < -0.3 is 14.4 Å². The van der Waals surface area contributed by atoms with E-state index < -0.39 is 0 Å². The van der Waals surface area contributed by atoms with E-state index in [0.29, 0.717) is 6.54 Å². The zero-order valence-electron chi connectivity index (χ0n) is 10.3. The summed E-state index contributed by atoms with van der Waals surface area (Å²) in [5, 5.41) is 0. The predicted molar refractivity (Wildman–Crippen MR) is 65.6 cm³/mol. The summed E-state index contributed by atoms with van der Waals surface area (Å²) < 4.78 is 9.66. The third-order valence-electron chi connectivity index (χ3n) is 2.23. The van der Waals surface area contributed by atoms with Crippen molar-refractivity contribution in [2.75, 3.05) is 21.3 Å². The van der Waals surface area contributed by atoms with Crippen LogP contribution in [0.5, 0.6) is 5.75 Å². The standard InChI is InChI=1S/C13H17NO3/c1-14(8-7-13(15)17-3)10-11-5-4-6-12(9-11)16-2/h4-9H,10H2,1-3H3. The minimum atomic E-state index is -0.359. The van der Waals surface area contributed by atoms with Crippen molar-refractivity contribution in [3.63, 3.8) is 0 Å². The first-order valence-electron chi connectivity index (χ1n) is 5.25. The number of hydrogen-bond donors (Lipinski definition) is 0. The van der Waals surface area contributed by atoms with Crippen LogP contribution in [-0.4, -0.2) is 32.1 Å². The summed E-state index contributed by atoms with van der Waals surface area (Å²) >= 11 is 0. The van der Waals surface area contributed by atoms with Crippen LogP contribution < -0.4 is 4.74 Å². The summed E-state index contributed by atoms with van der Waals surface area (Å²) in [5.41, 5.74) is 1.11. The van der Waals surface area contributed by atoms with Crippen LogP contribution in [-0.2, 0) is 16.1 Å². The Morgan fingerprint density at radius 3 is 2.82 bits per heavy atom. The van der Waals surface area contributed by atoms with Crippen LogP contribution in [0.2, 0.25) is 0 Å². The third kappa shape index (κ3) is 4.59. The molecule has 4 nitrogen and oxygen atoms in total. The van der Waals surface area contributed by atoms with Crippen LogP contribution >= 0.6 is 0 Å². The number of carbonyl (C=O) groups excluding carboxylic acids is 1. The van der Waals surface area contributed by atoms with E-state index in [1.165, 1.54) is 13.2 Å². The molecule has 1 aromatic carbocycles. The lowest BCUT2D eigenvalue weighted by Crippen LogP contribution is -2.11. The second-order valence-corrected chi connectivity index (χ2v) is 3.61. The highest BCUT2D eigenvalue weighted by Gasteiger charge is 1.99. The summed E-state index contributed by atoms with van der Waals surface area (Å²) in [6.07, 6.45) is 3.07. The average molecular weight is 235 g/mol. The summed E-state index contributed by atoms with van der Waals surface area (Å²) in [7, 11) is 4.88. The highest BCUT2D eigenvalue weighted by Crippen LogP contribution is 2.13. The monoisotopic (exact) mass is 235 g/mol. The number of methoxy groups -OCH3 is 2. The molecule has 1 rings (SSSR count). The molecule has 92 valence electrons. The summed E-state index contributed by atoms with van der Waals surface area (Å²) in [6, 6.07) is 7.80. The fraction of sp³-hybridized carbons (Fsp3) is 0.308. The number of hydrogen-bond acceptors (Lipinski definition) is 4. The lowest BCUT2D eigenvalue weighted by molar-refractivity contribution is -0.134. The molecule has 0 spiro atoms. The molecule has 0 bridgehead atoms.